The van der Waals surface area contributed by atoms with Crippen LogP contribution in [0.1, 0.15) is 43.2 Å². The highest BCUT2D eigenvalue weighted by atomic mass is 16.5. The van der Waals surface area contributed by atoms with Crippen molar-refractivity contribution in [1.82, 2.24) is 20.0 Å². The molecule has 2 atom stereocenters. The number of nitrogens with one attached hydrogen (secondary N) is 1. The lowest BCUT2D eigenvalue weighted by Crippen LogP contribution is -2.39. The lowest BCUT2D eigenvalue weighted by Gasteiger charge is -2.34. The highest BCUT2D eigenvalue weighted by Crippen LogP contribution is 2.42. The third-order valence-corrected chi connectivity index (χ3v) is 6.01. The number of para-hydroxylation sites is 1. The van der Waals surface area contributed by atoms with Crippen molar-refractivity contribution in [3.63, 3.8) is 0 Å². The van der Waals surface area contributed by atoms with Crippen molar-refractivity contribution in [2.45, 2.75) is 50.6 Å². The minimum atomic E-state index is 0.408. The highest BCUT2D eigenvalue weighted by Gasteiger charge is 2.40. The number of hydrogen-bond donors (Lipinski definition) is 1. The first-order valence-electron chi connectivity index (χ1n) is 8.84. The minimum Gasteiger partial charge on any atom is -0.358 e. The quantitative estimate of drug-likeness (QED) is 0.778. The summed E-state index contributed by atoms with van der Waals surface area (Å²) >= 11 is 0. The molecule has 0 spiro atoms. The number of hydrogen-bond acceptors (Lipinski definition) is 4. The molecule has 0 aliphatic carbocycles. The highest BCUT2D eigenvalue weighted by molar-refractivity contribution is 5.95. The van der Waals surface area contributed by atoms with Crippen LogP contribution in [-0.2, 0) is 0 Å². The second-order valence-corrected chi connectivity index (χ2v) is 7.35. The number of aryl methyl sites for hydroxylation is 1. The Morgan fingerprint density at radius 2 is 1.92 bits per heavy atom. The lowest BCUT2D eigenvalue weighted by atomic mass is 9.91. The van der Waals surface area contributed by atoms with Gasteiger partial charge in [0.25, 0.3) is 0 Å². The van der Waals surface area contributed by atoms with Crippen LogP contribution in [0.25, 0.3) is 22.3 Å². The van der Waals surface area contributed by atoms with Gasteiger partial charge in [-0.05, 0) is 45.7 Å². The molecule has 124 valence electrons. The second kappa shape index (κ2) is 5.18. The van der Waals surface area contributed by atoms with Crippen LogP contribution >= 0.6 is 0 Å². The summed E-state index contributed by atoms with van der Waals surface area (Å²) in [6.07, 6.45) is 4.89. The lowest BCUT2D eigenvalue weighted by molar-refractivity contribution is 0.147. The SMILES string of the molecule is Cc1[nH]c2ccccc2c1-c1noc(C2CC3CCC(C2)N3C)n1. The topological polar surface area (TPSA) is 58.0 Å². The molecule has 5 rings (SSSR count). The summed E-state index contributed by atoms with van der Waals surface area (Å²) in [4.78, 5) is 10.7. The molecule has 2 unspecified atom stereocenters. The molecule has 2 saturated heterocycles. The Labute approximate surface area is 141 Å². The molecular formula is C19H22N4O. The molecule has 2 aromatic heterocycles. The summed E-state index contributed by atoms with van der Waals surface area (Å²) in [5.74, 6) is 1.94. The molecule has 1 N–H and O–H groups in total. The first-order valence-corrected chi connectivity index (χ1v) is 8.84. The van der Waals surface area contributed by atoms with Gasteiger partial charge in [0.2, 0.25) is 11.7 Å². The Balaban J connectivity index is 1.50. The van der Waals surface area contributed by atoms with Crippen LogP contribution < -0.4 is 0 Å². The summed E-state index contributed by atoms with van der Waals surface area (Å²) in [7, 11) is 2.26. The van der Waals surface area contributed by atoms with Crippen LogP contribution in [0.5, 0.6) is 0 Å². The smallest absolute Gasteiger partial charge is 0.230 e. The third-order valence-electron chi connectivity index (χ3n) is 6.01. The molecule has 24 heavy (non-hydrogen) atoms. The number of H-pyrrole nitrogens is 1. The van der Waals surface area contributed by atoms with E-state index in [0.29, 0.717) is 23.8 Å². The number of benzene rings is 1. The molecule has 2 bridgehead atoms. The molecule has 3 aromatic rings. The van der Waals surface area contributed by atoms with E-state index < -0.39 is 0 Å². The molecule has 0 radical (unpaired) electrons. The molecule has 2 fully saturated rings. The average molecular weight is 322 g/mol. The minimum absolute atomic E-state index is 0.408. The fraction of sp³-hybridized carbons (Fsp3) is 0.474. The van der Waals surface area contributed by atoms with Crippen LogP contribution in [0.2, 0.25) is 0 Å². The van der Waals surface area contributed by atoms with Crippen molar-refractivity contribution >= 4 is 10.9 Å². The fourth-order valence-corrected chi connectivity index (χ4v) is 4.68. The first kappa shape index (κ1) is 14.2. The number of aromatic nitrogens is 3. The molecule has 2 aliphatic rings. The van der Waals surface area contributed by atoms with Gasteiger partial charge in [0.15, 0.2) is 0 Å². The Hall–Kier alpha value is -2.14. The Morgan fingerprint density at radius 1 is 1.17 bits per heavy atom. The summed E-state index contributed by atoms with van der Waals surface area (Å²) < 4.78 is 5.70. The summed E-state index contributed by atoms with van der Waals surface area (Å²) in [6, 6.07) is 9.65. The Morgan fingerprint density at radius 3 is 2.71 bits per heavy atom. The summed E-state index contributed by atoms with van der Waals surface area (Å²) in [6.45, 7) is 2.07. The van der Waals surface area contributed by atoms with E-state index >= 15 is 0 Å². The van der Waals surface area contributed by atoms with Crippen LogP contribution in [0.3, 0.4) is 0 Å². The van der Waals surface area contributed by atoms with Crippen LogP contribution in [0.4, 0.5) is 0 Å². The zero-order chi connectivity index (χ0) is 16.3. The first-order chi connectivity index (χ1) is 11.7. The van der Waals surface area contributed by atoms with Crippen LogP contribution in [0, 0.1) is 6.92 Å². The van der Waals surface area contributed by atoms with Crippen LogP contribution in [0.15, 0.2) is 28.8 Å². The third kappa shape index (κ3) is 2.04. The van der Waals surface area contributed by atoms with Crippen molar-refractivity contribution in [3.05, 3.63) is 35.9 Å². The maximum Gasteiger partial charge on any atom is 0.230 e. The monoisotopic (exact) mass is 322 g/mol. The number of piperidine rings is 1. The zero-order valence-corrected chi connectivity index (χ0v) is 14.1. The van der Waals surface area contributed by atoms with Crippen molar-refractivity contribution in [3.8, 4) is 11.4 Å². The standard InChI is InChI=1S/C19H22N4O/c1-11-17(15-5-3-4-6-16(15)20-11)18-21-19(24-22-18)12-9-13-7-8-14(10-12)23(13)2/h3-6,12-14,20H,7-10H2,1-2H3. The second-order valence-electron chi connectivity index (χ2n) is 7.35. The van der Waals surface area contributed by atoms with Crippen LogP contribution in [-0.4, -0.2) is 39.2 Å². The van der Waals surface area contributed by atoms with Gasteiger partial charge in [-0.15, -0.1) is 0 Å². The molecule has 5 nitrogen and oxygen atoms in total. The van der Waals surface area contributed by atoms with Crippen molar-refractivity contribution in [2.75, 3.05) is 7.05 Å². The number of nitrogens with zero attached hydrogens (tertiary/aromatic N) is 3. The normalized spacial score (nSPS) is 27.2. The Bertz CT molecular complexity index is 882. The maximum atomic E-state index is 5.70. The molecular weight excluding hydrogens is 300 g/mol. The molecule has 5 heteroatoms. The van der Waals surface area contributed by atoms with Crippen molar-refractivity contribution in [2.24, 2.45) is 0 Å². The van der Waals surface area contributed by atoms with Gasteiger partial charge >= 0.3 is 0 Å². The maximum absolute atomic E-state index is 5.70. The largest absolute Gasteiger partial charge is 0.358 e. The van der Waals surface area contributed by atoms with E-state index in [2.05, 4.69) is 47.2 Å². The Kier molecular flexibility index (Phi) is 3.07. The fourth-order valence-electron chi connectivity index (χ4n) is 4.68. The van der Waals surface area contributed by atoms with Gasteiger partial charge in [-0.2, -0.15) is 4.98 Å². The molecule has 0 amide bonds. The summed E-state index contributed by atoms with van der Waals surface area (Å²) in [5, 5.41) is 5.47. The number of rotatable bonds is 2. The van der Waals surface area contributed by atoms with E-state index in [1.807, 2.05) is 6.07 Å². The average Bonchev–Trinajstić information content (AvgIpc) is 3.21. The molecule has 0 saturated carbocycles. The number of fused-ring (bicyclic) bond motifs is 3. The summed E-state index contributed by atoms with van der Waals surface area (Å²) in [5.41, 5.74) is 3.28. The van der Waals surface area contributed by atoms with Crippen molar-refractivity contribution < 1.29 is 4.52 Å². The van der Waals surface area contributed by atoms with Gasteiger partial charge in [0, 0.05) is 34.6 Å². The van der Waals surface area contributed by atoms with E-state index in [4.69, 9.17) is 9.51 Å². The van der Waals surface area contributed by atoms with E-state index in [-0.39, 0.29) is 0 Å². The number of aromatic amines is 1. The van der Waals surface area contributed by atoms with Gasteiger partial charge in [0.05, 0.1) is 5.56 Å². The van der Waals surface area contributed by atoms with Gasteiger partial charge in [0.1, 0.15) is 0 Å². The predicted molar refractivity (Wildman–Crippen MR) is 92.9 cm³/mol. The van der Waals surface area contributed by atoms with E-state index in [9.17, 15) is 0 Å². The van der Waals surface area contributed by atoms with E-state index in [1.54, 1.807) is 0 Å². The van der Waals surface area contributed by atoms with Gasteiger partial charge < -0.3 is 14.4 Å². The van der Waals surface area contributed by atoms with Crippen molar-refractivity contribution in [1.29, 1.82) is 0 Å². The predicted octanol–water partition coefficient (Wildman–Crippen LogP) is 3.87. The molecule has 1 aromatic carbocycles. The molecule has 2 aliphatic heterocycles. The zero-order valence-electron chi connectivity index (χ0n) is 14.1. The van der Waals surface area contributed by atoms with Gasteiger partial charge in [-0.1, -0.05) is 23.4 Å². The van der Waals surface area contributed by atoms with E-state index in [0.717, 1.165) is 40.9 Å². The molecule has 4 heterocycles. The van der Waals surface area contributed by atoms with Gasteiger partial charge in [-0.25, -0.2) is 0 Å². The van der Waals surface area contributed by atoms with Gasteiger partial charge in [-0.3, -0.25) is 0 Å². The van der Waals surface area contributed by atoms with E-state index in [1.165, 1.54) is 12.8 Å².